The first-order valence-corrected chi connectivity index (χ1v) is 9.39. The molecule has 0 spiro atoms. The van der Waals surface area contributed by atoms with Crippen molar-refractivity contribution in [3.05, 3.63) is 42.2 Å². The average Bonchev–Trinajstić information content (AvgIpc) is 3.19. The Morgan fingerprint density at radius 1 is 1.00 bits per heavy atom. The van der Waals surface area contributed by atoms with Crippen LogP contribution in [-0.4, -0.2) is 29.3 Å². The second-order valence-corrected chi connectivity index (χ2v) is 8.26. The lowest BCUT2D eigenvalue weighted by Gasteiger charge is -2.32. The van der Waals surface area contributed by atoms with E-state index in [1.807, 2.05) is 64.1 Å². The summed E-state index contributed by atoms with van der Waals surface area (Å²) in [6.45, 7) is 8.19. The van der Waals surface area contributed by atoms with Gasteiger partial charge >= 0.3 is 7.12 Å². The molecule has 1 fully saturated rings. The van der Waals surface area contributed by atoms with Crippen LogP contribution in [0.15, 0.2) is 40.9 Å². The van der Waals surface area contributed by atoms with E-state index >= 15 is 0 Å². The van der Waals surface area contributed by atoms with E-state index in [0.29, 0.717) is 19.3 Å². The number of hydrogen-bond acceptors (Lipinski definition) is 5. The van der Waals surface area contributed by atoms with Crippen molar-refractivity contribution in [2.24, 2.45) is 0 Å². The highest BCUT2D eigenvalue weighted by Crippen LogP contribution is 2.36. The fraction of sp³-hybridized carbons (Fsp3) is 0.429. The molecule has 4 rings (SSSR count). The molecule has 27 heavy (non-hydrogen) atoms. The fourth-order valence-corrected chi connectivity index (χ4v) is 3.29. The largest absolute Gasteiger partial charge is 0.494 e. The van der Waals surface area contributed by atoms with Gasteiger partial charge in [-0.15, -0.1) is 0 Å². The Morgan fingerprint density at radius 2 is 1.67 bits per heavy atom. The monoisotopic (exact) mass is 365 g/mol. The van der Waals surface area contributed by atoms with E-state index in [-0.39, 0.29) is 24.1 Å². The molecule has 0 bridgehead atoms. The van der Waals surface area contributed by atoms with E-state index in [2.05, 4.69) is 5.16 Å². The van der Waals surface area contributed by atoms with Crippen LogP contribution in [0.5, 0.6) is 0 Å². The van der Waals surface area contributed by atoms with Gasteiger partial charge in [-0.1, -0.05) is 35.5 Å². The summed E-state index contributed by atoms with van der Waals surface area (Å²) in [7, 11) is -0.373. The summed E-state index contributed by atoms with van der Waals surface area (Å²) in [5.41, 5.74) is 3.08. The summed E-state index contributed by atoms with van der Waals surface area (Å²) >= 11 is 0. The SMILES string of the molecule is CC1(C)OB(c2ccc(-c3cc(C4=CCC(=O)CC4)on3)cc2)OC1(C)C. The molecule has 0 unspecified atom stereocenters. The molecular weight excluding hydrogens is 341 g/mol. The van der Waals surface area contributed by atoms with Gasteiger partial charge in [-0.3, -0.25) is 4.79 Å². The number of nitrogens with zero attached hydrogens (tertiary/aromatic N) is 1. The average molecular weight is 365 g/mol. The quantitative estimate of drug-likeness (QED) is 0.775. The summed E-state index contributed by atoms with van der Waals surface area (Å²) in [6, 6.07) is 9.95. The summed E-state index contributed by atoms with van der Waals surface area (Å²) in [6.07, 6.45) is 3.71. The van der Waals surface area contributed by atoms with Crippen LogP contribution in [0.1, 0.15) is 52.7 Å². The van der Waals surface area contributed by atoms with Crippen LogP contribution in [0.4, 0.5) is 0 Å². The topological polar surface area (TPSA) is 61.6 Å². The van der Waals surface area contributed by atoms with Gasteiger partial charge in [0.1, 0.15) is 11.5 Å². The third-order valence-corrected chi connectivity index (χ3v) is 5.81. The molecule has 5 nitrogen and oxygen atoms in total. The Labute approximate surface area is 159 Å². The number of rotatable bonds is 3. The molecular formula is C21H24BNO4. The van der Waals surface area contributed by atoms with Gasteiger partial charge in [-0.2, -0.15) is 0 Å². The van der Waals surface area contributed by atoms with E-state index in [0.717, 1.165) is 28.1 Å². The smallest absolute Gasteiger partial charge is 0.399 e. The van der Waals surface area contributed by atoms with Crippen molar-refractivity contribution in [2.45, 2.75) is 58.2 Å². The van der Waals surface area contributed by atoms with Crippen molar-refractivity contribution in [1.82, 2.24) is 5.16 Å². The lowest BCUT2D eigenvalue weighted by atomic mass is 9.79. The van der Waals surface area contributed by atoms with Crippen molar-refractivity contribution in [3.63, 3.8) is 0 Å². The fourth-order valence-electron chi connectivity index (χ4n) is 3.29. The molecule has 1 aliphatic carbocycles. The maximum absolute atomic E-state index is 11.4. The van der Waals surface area contributed by atoms with E-state index < -0.39 is 0 Å². The maximum atomic E-state index is 11.4. The van der Waals surface area contributed by atoms with E-state index in [1.165, 1.54) is 0 Å². The number of allylic oxidation sites excluding steroid dienone is 2. The zero-order valence-electron chi connectivity index (χ0n) is 16.2. The van der Waals surface area contributed by atoms with E-state index in [9.17, 15) is 4.79 Å². The zero-order valence-corrected chi connectivity index (χ0v) is 16.2. The van der Waals surface area contributed by atoms with Gasteiger partial charge in [0.2, 0.25) is 0 Å². The van der Waals surface area contributed by atoms with Crippen molar-refractivity contribution >= 4 is 23.9 Å². The predicted octanol–water partition coefficient (Wildman–Crippen LogP) is 3.78. The van der Waals surface area contributed by atoms with Gasteiger partial charge in [0.15, 0.2) is 5.76 Å². The van der Waals surface area contributed by atoms with Gasteiger partial charge in [-0.05, 0) is 45.2 Å². The van der Waals surface area contributed by atoms with E-state index in [4.69, 9.17) is 13.8 Å². The Hall–Kier alpha value is -2.18. The number of aromatic nitrogens is 1. The summed E-state index contributed by atoms with van der Waals surface area (Å²) in [5, 5.41) is 4.19. The second kappa shape index (κ2) is 6.46. The molecule has 0 atom stereocenters. The Balaban J connectivity index is 1.51. The van der Waals surface area contributed by atoms with Gasteiger partial charge in [-0.25, -0.2) is 0 Å². The van der Waals surface area contributed by atoms with Crippen LogP contribution in [0.3, 0.4) is 0 Å². The molecule has 0 radical (unpaired) electrons. The predicted molar refractivity (Wildman–Crippen MR) is 104 cm³/mol. The molecule has 0 N–H and O–H groups in total. The maximum Gasteiger partial charge on any atom is 0.494 e. The molecule has 140 valence electrons. The number of carbonyl (C=O) groups is 1. The van der Waals surface area contributed by atoms with Crippen molar-refractivity contribution in [1.29, 1.82) is 0 Å². The molecule has 1 saturated heterocycles. The minimum atomic E-state index is -0.373. The lowest BCUT2D eigenvalue weighted by molar-refractivity contribution is -0.118. The molecule has 1 aromatic heterocycles. The van der Waals surface area contributed by atoms with Crippen molar-refractivity contribution < 1.29 is 18.6 Å². The third kappa shape index (κ3) is 3.39. The molecule has 0 saturated carbocycles. The number of benzene rings is 1. The summed E-state index contributed by atoms with van der Waals surface area (Å²) in [5.74, 6) is 1.02. The minimum Gasteiger partial charge on any atom is -0.399 e. The molecule has 2 heterocycles. The molecule has 6 heteroatoms. The molecule has 2 aliphatic rings. The number of hydrogen-bond donors (Lipinski definition) is 0. The lowest BCUT2D eigenvalue weighted by Crippen LogP contribution is -2.41. The zero-order chi connectivity index (χ0) is 19.2. The normalized spacial score (nSPS) is 21.4. The molecule has 2 aromatic rings. The van der Waals surface area contributed by atoms with Gasteiger partial charge in [0.25, 0.3) is 0 Å². The van der Waals surface area contributed by atoms with E-state index in [1.54, 1.807) is 0 Å². The number of Topliss-reactive ketones (excluding diaryl/α,β-unsaturated/α-hetero) is 1. The minimum absolute atomic E-state index is 0.275. The van der Waals surface area contributed by atoms with Gasteiger partial charge < -0.3 is 13.8 Å². The highest BCUT2D eigenvalue weighted by molar-refractivity contribution is 6.62. The first kappa shape index (κ1) is 18.2. The Morgan fingerprint density at radius 3 is 2.26 bits per heavy atom. The Kier molecular flexibility index (Phi) is 4.36. The molecule has 0 amide bonds. The highest BCUT2D eigenvalue weighted by atomic mass is 16.7. The van der Waals surface area contributed by atoms with Crippen LogP contribution < -0.4 is 5.46 Å². The molecule has 1 aromatic carbocycles. The van der Waals surface area contributed by atoms with Gasteiger partial charge in [0.05, 0.1) is 11.2 Å². The number of ketones is 1. The summed E-state index contributed by atoms with van der Waals surface area (Å²) < 4.78 is 17.7. The van der Waals surface area contributed by atoms with Crippen LogP contribution in [0.25, 0.3) is 16.8 Å². The highest BCUT2D eigenvalue weighted by Gasteiger charge is 2.51. The van der Waals surface area contributed by atoms with Crippen molar-refractivity contribution in [2.75, 3.05) is 0 Å². The number of carbonyl (C=O) groups excluding carboxylic acids is 1. The van der Waals surface area contributed by atoms with Crippen LogP contribution >= 0.6 is 0 Å². The Bertz CT molecular complexity index is 879. The first-order chi connectivity index (χ1) is 12.7. The van der Waals surface area contributed by atoms with Crippen molar-refractivity contribution in [3.8, 4) is 11.3 Å². The second-order valence-electron chi connectivity index (χ2n) is 8.26. The third-order valence-electron chi connectivity index (χ3n) is 5.81. The van der Waals surface area contributed by atoms with Gasteiger partial charge in [0, 0.05) is 24.5 Å². The summed E-state index contributed by atoms with van der Waals surface area (Å²) in [4.78, 5) is 11.4. The standard InChI is InChI=1S/C21H24BNO4/c1-20(2)21(3,4)27-22(26-20)16-9-5-14(6-10-16)18-13-19(25-23-18)15-7-11-17(24)12-8-15/h5-7,9-10,13H,8,11-12H2,1-4H3. The van der Waals surface area contributed by atoms with Crippen LogP contribution in [-0.2, 0) is 14.1 Å². The van der Waals surface area contributed by atoms with Crippen LogP contribution in [0, 0.1) is 0 Å². The van der Waals surface area contributed by atoms with Crippen LogP contribution in [0.2, 0.25) is 0 Å². The first-order valence-electron chi connectivity index (χ1n) is 9.39. The molecule has 1 aliphatic heterocycles.